The number of amides is 1. The summed E-state index contributed by atoms with van der Waals surface area (Å²) in [4.78, 5) is 22.5. The van der Waals surface area contributed by atoms with Crippen LogP contribution in [-0.2, 0) is 10.0 Å². The van der Waals surface area contributed by atoms with E-state index in [0.29, 0.717) is 0 Å². The number of carbonyl (C=O) groups excluding carboxylic acids is 1. The van der Waals surface area contributed by atoms with Crippen LogP contribution in [-0.4, -0.2) is 25.3 Å². The fraction of sp³-hybridized carbons (Fsp3) is 0.278. The van der Waals surface area contributed by atoms with Crippen molar-refractivity contribution < 1.29 is 18.1 Å². The predicted molar refractivity (Wildman–Crippen MR) is 102 cm³/mol. The van der Waals surface area contributed by atoms with Gasteiger partial charge in [-0.2, -0.15) is 0 Å². The standard InChI is InChI=1S/C18H21N3O5S/c1-3-13(4-2)19-18(22)16-10-5-6-11-17(16)20-27(25,26)15-9-7-8-14(12-15)21(23)24/h5-13,20H,3-4H2,1-2H3,(H,19,22). The Morgan fingerprint density at radius 2 is 1.78 bits per heavy atom. The van der Waals surface area contributed by atoms with Gasteiger partial charge in [-0.1, -0.05) is 32.0 Å². The van der Waals surface area contributed by atoms with Crippen molar-refractivity contribution in [2.45, 2.75) is 37.6 Å². The minimum absolute atomic E-state index is 0.0149. The van der Waals surface area contributed by atoms with Crippen LogP contribution in [0.3, 0.4) is 0 Å². The molecule has 2 rings (SSSR count). The monoisotopic (exact) mass is 391 g/mol. The zero-order valence-corrected chi connectivity index (χ0v) is 15.8. The van der Waals surface area contributed by atoms with Gasteiger partial charge in [0.15, 0.2) is 0 Å². The predicted octanol–water partition coefficient (Wildman–Crippen LogP) is 3.31. The van der Waals surface area contributed by atoms with Crippen LogP contribution in [0.25, 0.3) is 0 Å². The summed E-state index contributed by atoms with van der Waals surface area (Å²) in [6.45, 7) is 3.90. The van der Waals surface area contributed by atoms with Gasteiger partial charge < -0.3 is 5.32 Å². The number of nitrogens with one attached hydrogen (secondary N) is 2. The third-order valence-electron chi connectivity index (χ3n) is 4.08. The van der Waals surface area contributed by atoms with Crippen LogP contribution >= 0.6 is 0 Å². The highest BCUT2D eigenvalue weighted by Crippen LogP contribution is 2.23. The first-order valence-electron chi connectivity index (χ1n) is 8.45. The molecule has 27 heavy (non-hydrogen) atoms. The number of benzene rings is 2. The summed E-state index contributed by atoms with van der Waals surface area (Å²) >= 11 is 0. The number of anilines is 1. The molecule has 2 aromatic rings. The van der Waals surface area contributed by atoms with Crippen LogP contribution in [0.15, 0.2) is 53.4 Å². The number of nitrogens with zero attached hydrogens (tertiary/aromatic N) is 1. The van der Waals surface area contributed by atoms with Gasteiger partial charge in [-0.25, -0.2) is 8.42 Å². The number of nitro benzene ring substituents is 1. The Morgan fingerprint density at radius 1 is 1.11 bits per heavy atom. The number of sulfonamides is 1. The van der Waals surface area contributed by atoms with Crippen molar-refractivity contribution >= 4 is 27.3 Å². The zero-order valence-electron chi connectivity index (χ0n) is 15.0. The van der Waals surface area contributed by atoms with E-state index in [-0.39, 0.29) is 33.8 Å². The minimum Gasteiger partial charge on any atom is -0.349 e. The Hall–Kier alpha value is -2.94. The molecule has 0 radical (unpaired) electrons. The Balaban J connectivity index is 2.33. The van der Waals surface area contributed by atoms with Crippen molar-refractivity contribution in [3.05, 3.63) is 64.2 Å². The number of para-hydroxylation sites is 1. The second-order valence-corrected chi connectivity index (χ2v) is 7.57. The van der Waals surface area contributed by atoms with E-state index in [1.165, 1.54) is 30.3 Å². The zero-order chi connectivity index (χ0) is 20.0. The number of nitro groups is 1. The van der Waals surface area contributed by atoms with E-state index >= 15 is 0 Å². The van der Waals surface area contributed by atoms with Gasteiger partial charge >= 0.3 is 0 Å². The highest BCUT2D eigenvalue weighted by atomic mass is 32.2. The highest BCUT2D eigenvalue weighted by Gasteiger charge is 2.21. The van der Waals surface area contributed by atoms with Crippen LogP contribution in [0.2, 0.25) is 0 Å². The van der Waals surface area contributed by atoms with Crippen molar-refractivity contribution in [3.63, 3.8) is 0 Å². The first-order valence-corrected chi connectivity index (χ1v) is 9.94. The molecule has 0 unspecified atom stereocenters. The van der Waals surface area contributed by atoms with Gasteiger partial charge in [0.1, 0.15) is 0 Å². The number of rotatable bonds is 8. The van der Waals surface area contributed by atoms with E-state index in [2.05, 4.69) is 10.0 Å². The van der Waals surface area contributed by atoms with Gasteiger partial charge in [-0.05, 0) is 31.0 Å². The SMILES string of the molecule is CCC(CC)NC(=O)c1ccccc1NS(=O)(=O)c1cccc([N+](=O)[O-])c1. The topological polar surface area (TPSA) is 118 Å². The first kappa shape index (κ1) is 20.4. The van der Waals surface area contributed by atoms with Crippen LogP contribution in [0.4, 0.5) is 11.4 Å². The third kappa shape index (κ3) is 5.04. The summed E-state index contributed by atoms with van der Waals surface area (Å²) in [5.74, 6) is -0.388. The molecule has 0 atom stereocenters. The van der Waals surface area contributed by atoms with Gasteiger partial charge in [0.2, 0.25) is 0 Å². The molecule has 0 saturated carbocycles. The second kappa shape index (κ2) is 8.63. The van der Waals surface area contributed by atoms with Crippen LogP contribution in [0.1, 0.15) is 37.0 Å². The lowest BCUT2D eigenvalue weighted by Crippen LogP contribution is -2.34. The maximum atomic E-state index is 12.6. The lowest BCUT2D eigenvalue weighted by atomic mass is 10.1. The molecule has 0 aliphatic heterocycles. The largest absolute Gasteiger partial charge is 0.349 e. The molecule has 0 saturated heterocycles. The smallest absolute Gasteiger partial charge is 0.270 e. The van der Waals surface area contributed by atoms with Crippen molar-refractivity contribution in [3.8, 4) is 0 Å². The normalized spacial score (nSPS) is 11.2. The van der Waals surface area contributed by atoms with Crippen molar-refractivity contribution in [1.29, 1.82) is 0 Å². The molecule has 8 nitrogen and oxygen atoms in total. The van der Waals surface area contributed by atoms with Crippen molar-refractivity contribution in [2.75, 3.05) is 4.72 Å². The van der Waals surface area contributed by atoms with E-state index in [4.69, 9.17) is 0 Å². The Morgan fingerprint density at radius 3 is 2.41 bits per heavy atom. The average Bonchev–Trinajstić information content (AvgIpc) is 2.66. The molecule has 2 aromatic carbocycles. The average molecular weight is 391 g/mol. The summed E-state index contributed by atoms with van der Waals surface area (Å²) in [6.07, 6.45) is 1.51. The third-order valence-corrected chi connectivity index (χ3v) is 5.44. The Labute approximate surface area is 157 Å². The van der Waals surface area contributed by atoms with Gasteiger partial charge in [0, 0.05) is 18.2 Å². The van der Waals surface area contributed by atoms with Crippen LogP contribution < -0.4 is 10.0 Å². The fourth-order valence-corrected chi connectivity index (χ4v) is 3.61. The highest BCUT2D eigenvalue weighted by molar-refractivity contribution is 7.92. The molecule has 0 aliphatic carbocycles. The summed E-state index contributed by atoms with van der Waals surface area (Å²) in [5, 5.41) is 13.7. The first-order chi connectivity index (χ1) is 12.8. The number of hydrogen-bond acceptors (Lipinski definition) is 5. The Bertz CT molecular complexity index is 940. The summed E-state index contributed by atoms with van der Waals surface area (Å²) in [6, 6.07) is 10.9. The van der Waals surface area contributed by atoms with E-state index in [9.17, 15) is 23.3 Å². The number of non-ortho nitro benzene ring substituents is 1. The molecule has 0 bridgehead atoms. The number of carbonyl (C=O) groups is 1. The maximum absolute atomic E-state index is 12.6. The molecule has 0 fully saturated rings. The second-order valence-electron chi connectivity index (χ2n) is 5.89. The maximum Gasteiger partial charge on any atom is 0.270 e. The summed E-state index contributed by atoms with van der Waals surface area (Å²) in [5.41, 5.74) is -0.0523. The lowest BCUT2D eigenvalue weighted by Gasteiger charge is -2.17. The van der Waals surface area contributed by atoms with Gasteiger partial charge in [0.25, 0.3) is 21.6 Å². The van der Waals surface area contributed by atoms with Gasteiger partial charge in [-0.15, -0.1) is 0 Å². The molecule has 1 amide bonds. The van der Waals surface area contributed by atoms with Gasteiger partial charge in [0.05, 0.1) is 21.1 Å². The van der Waals surface area contributed by atoms with Crippen LogP contribution in [0, 0.1) is 10.1 Å². The van der Waals surface area contributed by atoms with E-state index in [1.807, 2.05) is 13.8 Å². The molecular weight excluding hydrogens is 370 g/mol. The molecule has 0 aliphatic rings. The number of hydrogen-bond donors (Lipinski definition) is 2. The van der Waals surface area contributed by atoms with E-state index in [0.717, 1.165) is 18.9 Å². The van der Waals surface area contributed by atoms with Crippen molar-refractivity contribution in [2.24, 2.45) is 0 Å². The molecule has 9 heteroatoms. The van der Waals surface area contributed by atoms with E-state index < -0.39 is 14.9 Å². The van der Waals surface area contributed by atoms with E-state index in [1.54, 1.807) is 12.1 Å². The fourth-order valence-electron chi connectivity index (χ4n) is 2.49. The molecule has 0 spiro atoms. The summed E-state index contributed by atoms with van der Waals surface area (Å²) < 4.78 is 27.6. The molecular formula is C18H21N3O5S. The lowest BCUT2D eigenvalue weighted by molar-refractivity contribution is -0.385. The summed E-state index contributed by atoms with van der Waals surface area (Å²) in [7, 11) is -4.10. The molecule has 144 valence electrons. The quantitative estimate of drug-likeness (QED) is 0.528. The molecule has 2 N–H and O–H groups in total. The van der Waals surface area contributed by atoms with Crippen LogP contribution in [0.5, 0.6) is 0 Å². The van der Waals surface area contributed by atoms with Crippen molar-refractivity contribution in [1.82, 2.24) is 5.32 Å². The molecule has 0 heterocycles. The molecule has 0 aromatic heterocycles. The van der Waals surface area contributed by atoms with Gasteiger partial charge in [-0.3, -0.25) is 19.6 Å². The minimum atomic E-state index is -4.10. The Kier molecular flexibility index (Phi) is 6.51.